The molecule has 0 spiro atoms. The summed E-state index contributed by atoms with van der Waals surface area (Å²) in [4.78, 5) is 5.16. The number of aliphatic hydroxyl groups excluding tert-OH is 1. The Balaban J connectivity index is 1.76. The number of piperazine rings is 1. The lowest BCUT2D eigenvalue weighted by Crippen LogP contribution is -2.54. The van der Waals surface area contributed by atoms with Crippen LogP contribution in [0.25, 0.3) is 0 Å². The van der Waals surface area contributed by atoms with Crippen LogP contribution in [0.1, 0.15) is 32.3 Å². The van der Waals surface area contributed by atoms with E-state index in [2.05, 4.69) is 54.0 Å². The molecule has 3 heteroatoms. The van der Waals surface area contributed by atoms with E-state index in [1.165, 1.54) is 25.1 Å². The van der Waals surface area contributed by atoms with Gasteiger partial charge in [0.2, 0.25) is 0 Å². The molecule has 0 saturated carbocycles. The zero-order valence-electron chi connectivity index (χ0n) is 14.2. The molecule has 1 aliphatic rings. The van der Waals surface area contributed by atoms with Crippen molar-refractivity contribution in [3.05, 3.63) is 35.9 Å². The Morgan fingerprint density at radius 1 is 1.18 bits per heavy atom. The zero-order valence-corrected chi connectivity index (χ0v) is 14.2. The molecule has 0 unspecified atom stereocenters. The normalized spacial score (nSPS) is 20.6. The van der Waals surface area contributed by atoms with E-state index in [1.54, 1.807) is 0 Å². The second-order valence-electron chi connectivity index (χ2n) is 6.94. The first-order valence-electron chi connectivity index (χ1n) is 8.80. The molecular weight excluding hydrogens is 272 g/mol. The monoisotopic (exact) mass is 304 g/mol. The van der Waals surface area contributed by atoms with Crippen LogP contribution in [-0.4, -0.2) is 60.3 Å². The van der Waals surface area contributed by atoms with Crippen LogP contribution in [0.4, 0.5) is 0 Å². The van der Waals surface area contributed by atoms with Crippen LogP contribution in [0.2, 0.25) is 0 Å². The van der Waals surface area contributed by atoms with Gasteiger partial charge in [0, 0.05) is 38.8 Å². The highest BCUT2D eigenvalue weighted by atomic mass is 16.3. The molecule has 1 saturated heterocycles. The summed E-state index contributed by atoms with van der Waals surface area (Å²) in [6.45, 7) is 10.6. The average Bonchev–Trinajstić information content (AvgIpc) is 2.51. The van der Waals surface area contributed by atoms with E-state index in [1.807, 2.05) is 0 Å². The fourth-order valence-electron chi connectivity index (χ4n) is 3.44. The minimum Gasteiger partial charge on any atom is -0.396 e. The second-order valence-corrected chi connectivity index (χ2v) is 6.94. The lowest BCUT2D eigenvalue weighted by molar-refractivity contribution is 0.0509. The summed E-state index contributed by atoms with van der Waals surface area (Å²) >= 11 is 0. The van der Waals surface area contributed by atoms with Crippen LogP contribution >= 0.6 is 0 Å². The first kappa shape index (κ1) is 17.5. The van der Waals surface area contributed by atoms with Gasteiger partial charge in [0.25, 0.3) is 0 Å². The lowest BCUT2D eigenvalue weighted by Gasteiger charge is -2.42. The smallest absolute Gasteiger partial charge is 0.0446 e. The maximum Gasteiger partial charge on any atom is 0.0446 e. The van der Waals surface area contributed by atoms with Gasteiger partial charge >= 0.3 is 0 Å². The highest BCUT2D eigenvalue weighted by Crippen LogP contribution is 2.15. The van der Waals surface area contributed by atoms with Crippen molar-refractivity contribution >= 4 is 0 Å². The summed E-state index contributed by atoms with van der Waals surface area (Å²) in [5, 5.41) is 9.34. The molecule has 1 aromatic carbocycles. The predicted octanol–water partition coefficient (Wildman–Crippen LogP) is 2.64. The zero-order chi connectivity index (χ0) is 15.8. The van der Waals surface area contributed by atoms with Crippen LogP contribution < -0.4 is 0 Å². The molecular formula is C19H32N2O. The lowest BCUT2D eigenvalue weighted by atomic mass is 10.0. The molecule has 0 amide bonds. The van der Waals surface area contributed by atoms with Crippen LogP contribution in [0.15, 0.2) is 30.3 Å². The summed E-state index contributed by atoms with van der Waals surface area (Å²) in [5.41, 5.74) is 1.44. The van der Waals surface area contributed by atoms with E-state index < -0.39 is 0 Å². The molecule has 1 aliphatic heterocycles. The summed E-state index contributed by atoms with van der Waals surface area (Å²) in [5.74, 6) is 0.700. The molecule has 1 N–H and O–H groups in total. The molecule has 0 aliphatic carbocycles. The van der Waals surface area contributed by atoms with Crippen molar-refractivity contribution in [1.82, 2.24) is 9.80 Å². The van der Waals surface area contributed by atoms with Gasteiger partial charge in [-0.3, -0.25) is 4.90 Å². The van der Waals surface area contributed by atoms with Gasteiger partial charge in [-0.15, -0.1) is 0 Å². The minimum atomic E-state index is 0.303. The molecule has 1 heterocycles. The average molecular weight is 304 g/mol. The third kappa shape index (κ3) is 5.71. The minimum absolute atomic E-state index is 0.303. The van der Waals surface area contributed by atoms with Gasteiger partial charge in [-0.1, -0.05) is 44.2 Å². The number of hydrogen-bond donors (Lipinski definition) is 1. The van der Waals surface area contributed by atoms with Crippen LogP contribution in [0.3, 0.4) is 0 Å². The van der Waals surface area contributed by atoms with Gasteiger partial charge in [0.1, 0.15) is 0 Å². The Morgan fingerprint density at radius 3 is 2.64 bits per heavy atom. The van der Waals surface area contributed by atoms with Gasteiger partial charge in [-0.2, -0.15) is 0 Å². The second kappa shape index (κ2) is 9.29. The molecule has 1 atom stereocenters. The predicted molar refractivity (Wildman–Crippen MR) is 93.1 cm³/mol. The van der Waals surface area contributed by atoms with Crippen molar-refractivity contribution in [1.29, 1.82) is 0 Å². The molecule has 0 radical (unpaired) electrons. The molecule has 2 rings (SSSR count). The van der Waals surface area contributed by atoms with Gasteiger partial charge in [0.15, 0.2) is 0 Å². The van der Waals surface area contributed by atoms with Crippen LogP contribution in [0, 0.1) is 5.92 Å². The van der Waals surface area contributed by atoms with Crippen molar-refractivity contribution in [2.24, 2.45) is 5.92 Å². The van der Waals surface area contributed by atoms with E-state index in [4.69, 9.17) is 0 Å². The number of rotatable bonds is 8. The van der Waals surface area contributed by atoms with Crippen molar-refractivity contribution < 1.29 is 5.11 Å². The molecule has 22 heavy (non-hydrogen) atoms. The Labute approximate surface area is 135 Å². The fraction of sp³-hybridized carbons (Fsp3) is 0.684. The van der Waals surface area contributed by atoms with Gasteiger partial charge in [-0.05, 0) is 37.3 Å². The van der Waals surface area contributed by atoms with Gasteiger partial charge in [0.05, 0.1) is 0 Å². The van der Waals surface area contributed by atoms with Crippen LogP contribution in [-0.2, 0) is 6.42 Å². The highest BCUT2D eigenvalue weighted by molar-refractivity contribution is 5.14. The van der Waals surface area contributed by atoms with E-state index in [0.29, 0.717) is 18.6 Å². The summed E-state index contributed by atoms with van der Waals surface area (Å²) in [6.07, 6.45) is 3.29. The number of aliphatic hydroxyl groups is 1. The quantitative estimate of drug-likeness (QED) is 0.800. The topological polar surface area (TPSA) is 26.7 Å². The first-order chi connectivity index (χ1) is 10.7. The Morgan fingerprint density at radius 2 is 1.95 bits per heavy atom. The maximum absolute atomic E-state index is 9.34. The van der Waals surface area contributed by atoms with Crippen LogP contribution in [0.5, 0.6) is 0 Å². The van der Waals surface area contributed by atoms with Gasteiger partial charge < -0.3 is 10.0 Å². The number of nitrogens with zero attached hydrogens (tertiary/aromatic N) is 2. The maximum atomic E-state index is 9.34. The Hall–Kier alpha value is -0.900. The van der Waals surface area contributed by atoms with Crippen molar-refractivity contribution in [2.75, 3.05) is 39.3 Å². The largest absolute Gasteiger partial charge is 0.396 e. The first-order valence-corrected chi connectivity index (χ1v) is 8.80. The van der Waals surface area contributed by atoms with E-state index in [-0.39, 0.29) is 0 Å². The molecule has 1 aromatic rings. The Bertz CT molecular complexity index is 407. The number of hydrogen-bond acceptors (Lipinski definition) is 3. The highest BCUT2D eigenvalue weighted by Gasteiger charge is 2.26. The van der Waals surface area contributed by atoms with Crippen molar-refractivity contribution in [2.45, 2.75) is 39.2 Å². The Kier molecular flexibility index (Phi) is 7.37. The number of benzene rings is 1. The van der Waals surface area contributed by atoms with Crippen molar-refractivity contribution in [3.63, 3.8) is 0 Å². The molecule has 0 bridgehead atoms. The molecule has 0 aromatic heterocycles. The molecule has 3 nitrogen and oxygen atoms in total. The van der Waals surface area contributed by atoms with E-state index in [0.717, 1.165) is 32.5 Å². The van der Waals surface area contributed by atoms with E-state index >= 15 is 0 Å². The summed E-state index contributed by atoms with van der Waals surface area (Å²) in [7, 11) is 0. The number of aryl methyl sites for hydroxylation is 1. The third-order valence-corrected chi connectivity index (χ3v) is 4.53. The SMILES string of the molecule is CC(C)CN1CCN(CCCc2ccccc2)C[C@@H]1CCO. The molecule has 1 fully saturated rings. The fourth-order valence-corrected chi connectivity index (χ4v) is 3.44. The standard InChI is InChI=1S/C19H32N2O/c1-17(2)15-21-13-12-20(16-19(21)10-14-22)11-6-9-18-7-4-3-5-8-18/h3-5,7-8,17,19,22H,6,9-16H2,1-2H3/t19-/m0/s1. The van der Waals surface area contributed by atoms with Gasteiger partial charge in [-0.25, -0.2) is 0 Å². The summed E-state index contributed by atoms with van der Waals surface area (Å²) in [6, 6.07) is 11.3. The van der Waals surface area contributed by atoms with E-state index in [9.17, 15) is 5.11 Å². The van der Waals surface area contributed by atoms with Crippen molar-refractivity contribution in [3.8, 4) is 0 Å². The summed E-state index contributed by atoms with van der Waals surface area (Å²) < 4.78 is 0. The molecule has 124 valence electrons. The third-order valence-electron chi connectivity index (χ3n) is 4.53.